The van der Waals surface area contributed by atoms with Crippen molar-refractivity contribution < 1.29 is 37.1 Å². The molecule has 10 nitrogen and oxygen atoms in total. The summed E-state index contributed by atoms with van der Waals surface area (Å²) in [5.74, 6) is -6.02. The van der Waals surface area contributed by atoms with Gasteiger partial charge >= 0.3 is 12.1 Å². The van der Waals surface area contributed by atoms with E-state index in [1.807, 2.05) is 13.8 Å². The number of rotatable bonds is 6. The summed E-state index contributed by atoms with van der Waals surface area (Å²) in [6.07, 6.45) is -2.97. The van der Waals surface area contributed by atoms with E-state index in [0.717, 1.165) is 17.9 Å². The summed E-state index contributed by atoms with van der Waals surface area (Å²) in [6, 6.07) is -2.65. The molecule has 1 unspecified atom stereocenters. The first-order valence-corrected chi connectivity index (χ1v) is 13.5. The molecule has 5 atom stereocenters. The molecular weight excluding hydrogens is 543 g/mol. The van der Waals surface area contributed by atoms with Crippen LogP contribution in [0.2, 0.25) is 0 Å². The number of piperidine rings is 1. The Morgan fingerprint density at radius 3 is 2.28 bits per heavy atom. The van der Waals surface area contributed by atoms with Crippen molar-refractivity contribution in [3.05, 3.63) is 0 Å². The molecule has 1 spiro atoms. The van der Waals surface area contributed by atoms with Gasteiger partial charge < -0.3 is 15.5 Å². The highest BCUT2D eigenvalue weighted by atomic mass is 35.5. The predicted molar refractivity (Wildman–Crippen MR) is 132 cm³/mol. The van der Waals surface area contributed by atoms with Crippen molar-refractivity contribution in [1.82, 2.24) is 26.0 Å². The van der Waals surface area contributed by atoms with Crippen molar-refractivity contribution in [2.75, 3.05) is 19.0 Å². The summed E-state index contributed by atoms with van der Waals surface area (Å²) in [7, 11) is 0. The molecule has 0 aromatic carbocycles. The highest BCUT2D eigenvalue weighted by Crippen LogP contribution is 2.65. The molecule has 5 amide bonds. The minimum absolute atomic E-state index is 0.0938. The van der Waals surface area contributed by atoms with Gasteiger partial charge in [0.25, 0.3) is 11.8 Å². The molecule has 2 aliphatic heterocycles. The molecule has 4 fully saturated rings. The van der Waals surface area contributed by atoms with Crippen LogP contribution in [0, 0.1) is 28.6 Å². The van der Waals surface area contributed by atoms with E-state index in [9.17, 15) is 37.1 Å². The molecular formula is C25H35ClF3N5O5. The minimum atomic E-state index is -5.19. The van der Waals surface area contributed by atoms with Gasteiger partial charge in [-0.05, 0) is 41.9 Å². The smallest absolute Gasteiger partial charge is 0.350 e. The van der Waals surface area contributed by atoms with Gasteiger partial charge in [-0.25, -0.2) is 0 Å². The molecule has 0 radical (unpaired) electrons. The second-order valence-electron chi connectivity index (χ2n) is 12.9. The third-order valence-electron chi connectivity index (χ3n) is 8.72. The van der Waals surface area contributed by atoms with E-state index in [2.05, 4.69) is 10.7 Å². The number of likely N-dealkylation sites (tertiary alicyclic amines) is 1. The van der Waals surface area contributed by atoms with E-state index in [-0.39, 0.29) is 41.8 Å². The van der Waals surface area contributed by atoms with Gasteiger partial charge in [-0.3, -0.25) is 34.4 Å². The van der Waals surface area contributed by atoms with Crippen LogP contribution < -0.4 is 16.1 Å². The van der Waals surface area contributed by atoms with Crippen molar-refractivity contribution in [3.63, 3.8) is 0 Å². The van der Waals surface area contributed by atoms with Gasteiger partial charge in [-0.1, -0.05) is 34.6 Å². The van der Waals surface area contributed by atoms with Crippen LogP contribution in [0.1, 0.15) is 53.9 Å². The number of nitrogens with one attached hydrogen (secondary N) is 3. The number of fused-ring (bicyclic) bond motifs is 1. The topological polar surface area (TPSA) is 128 Å². The number of alkyl halides is 4. The molecule has 14 heteroatoms. The average molecular weight is 578 g/mol. The van der Waals surface area contributed by atoms with Crippen LogP contribution in [0.4, 0.5) is 13.2 Å². The van der Waals surface area contributed by atoms with E-state index in [1.165, 1.54) is 25.7 Å². The molecule has 218 valence electrons. The number of halogens is 4. The molecule has 2 saturated carbocycles. The fourth-order valence-electron chi connectivity index (χ4n) is 6.15. The summed E-state index contributed by atoms with van der Waals surface area (Å²) in [6.45, 7) is 8.41. The molecule has 0 aromatic rings. The fourth-order valence-corrected chi connectivity index (χ4v) is 6.29. The Morgan fingerprint density at radius 1 is 1.18 bits per heavy atom. The minimum Gasteiger partial charge on any atom is -0.350 e. The van der Waals surface area contributed by atoms with Crippen LogP contribution in [0.25, 0.3) is 0 Å². The number of hydrogen-bond donors (Lipinski definition) is 3. The normalized spacial score (nSPS) is 28.8. The van der Waals surface area contributed by atoms with E-state index in [4.69, 9.17) is 11.6 Å². The Morgan fingerprint density at radius 2 is 1.79 bits per heavy atom. The zero-order valence-corrected chi connectivity index (χ0v) is 23.3. The Balaban J connectivity index is 1.55. The van der Waals surface area contributed by atoms with Crippen LogP contribution >= 0.6 is 11.6 Å². The number of carbonyl (C=O) groups is 5. The SMILES string of the molecule is CC(C)(C)[C@H](NC(=O)C(F)(F)F)C(=O)N1C[C@H]2[C@@H]([C@H]1C(=O)NN(CC1CC3(CC3)NC1=O)C(=O)CCl)C2(C)C. The maximum Gasteiger partial charge on any atom is 0.471 e. The molecule has 0 aromatic heterocycles. The van der Waals surface area contributed by atoms with E-state index >= 15 is 0 Å². The summed E-state index contributed by atoms with van der Waals surface area (Å²) in [5.41, 5.74) is 0.877. The molecule has 2 heterocycles. The van der Waals surface area contributed by atoms with Crippen LogP contribution in [-0.2, 0) is 24.0 Å². The van der Waals surface area contributed by atoms with E-state index in [1.54, 1.807) is 5.32 Å². The van der Waals surface area contributed by atoms with Gasteiger partial charge in [-0.2, -0.15) is 13.2 Å². The van der Waals surface area contributed by atoms with Gasteiger partial charge in [0.1, 0.15) is 18.0 Å². The molecule has 4 rings (SSSR count). The number of nitrogens with zero attached hydrogens (tertiary/aromatic N) is 2. The largest absolute Gasteiger partial charge is 0.471 e. The third kappa shape index (κ3) is 5.55. The lowest BCUT2D eigenvalue weighted by molar-refractivity contribution is -0.176. The van der Waals surface area contributed by atoms with Crippen molar-refractivity contribution in [1.29, 1.82) is 0 Å². The van der Waals surface area contributed by atoms with Crippen molar-refractivity contribution >= 4 is 41.1 Å². The molecule has 2 saturated heterocycles. The van der Waals surface area contributed by atoms with Gasteiger partial charge in [-0.15, -0.1) is 11.6 Å². The molecule has 0 bridgehead atoms. The zero-order chi connectivity index (χ0) is 29.3. The van der Waals surface area contributed by atoms with Crippen LogP contribution in [0.5, 0.6) is 0 Å². The second-order valence-corrected chi connectivity index (χ2v) is 13.2. The predicted octanol–water partition coefficient (Wildman–Crippen LogP) is 1.33. The van der Waals surface area contributed by atoms with Crippen molar-refractivity contribution in [3.8, 4) is 0 Å². The monoisotopic (exact) mass is 577 g/mol. The number of hydrogen-bond acceptors (Lipinski definition) is 5. The molecule has 3 N–H and O–H groups in total. The number of carbonyl (C=O) groups excluding carboxylic acids is 5. The molecule has 4 aliphatic rings. The average Bonchev–Trinajstić information content (AvgIpc) is 3.53. The Kier molecular flexibility index (Phi) is 7.18. The van der Waals surface area contributed by atoms with Gasteiger partial charge in [0.2, 0.25) is 11.8 Å². The summed E-state index contributed by atoms with van der Waals surface area (Å²) < 4.78 is 39.1. The first kappa shape index (κ1) is 29.4. The van der Waals surface area contributed by atoms with Crippen molar-refractivity contribution in [2.24, 2.45) is 28.6 Å². The third-order valence-corrected chi connectivity index (χ3v) is 8.95. The quantitative estimate of drug-likeness (QED) is 0.324. The zero-order valence-electron chi connectivity index (χ0n) is 22.6. The highest BCUT2D eigenvalue weighted by Gasteiger charge is 2.70. The highest BCUT2D eigenvalue weighted by molar-refractivity contribution is 6.27. The number of amides is 5. The van der Waals surface area contributed by atoms with Crippen LogP contribution in [0.15, 0.2) is 0 Å². The lowest BCUT2D eigenvalue weighted by Gasteiger charge is -2.38. The summed E-state index contributed by atoms with van der Waals surface area (Å²) in [5, 5.41) is 5.74. The molecule has 39 heavy (non-hydrogen) atoms. The van der Waals surface area contributed by atoms with Crippen LogP contribution in [0.3, 0.4) is 0 Å². The van der Waals surface area contributed by atoms with E-state index < -0.39 is 59.1 Å². The Hall–Kier alpha value is -2.57. The maximum atomic E-state index is 13.7. The van der Waals surface area contributed by atoms with Crippen LogP contribution in [-0.4, -0.2) is 82.2 Å². The summed E-state index contributed by atoms with van der Waals surface area (Å²) in [4.78, 5) is 65.3. The lowest BCUT2D eigenvalue weighted by atomic mass is 9.85. The number of hydrazine groups is 1. The maximum absolute atomic E-state index is 13.7. The van der Waals surface area contributed by atoms with Gasteiger partial charge in [0.05, 0.1) is 12.5 Å². The molecule has 2 aliphatic carbocycles. The first-order chi connectivity index (χ1) is 17.8. The fraction of sp³-hybridized carbons (Fsp3) is 0.800. The standard InChI is InChI=1S/C25H35ClF3N5O5/c1-22(2,3)17(30-21(39)25(27,28)29)20(38)33-11-13-15(23(13,4)5)16(33)19(37)32-34(14(35)9-26)10-12-8-24(6-7-24)31-18(12)36/h12-13,15-17H,6-11H2,1-5H3,(H,30,39)(H,31,36)(H,32,37)/t12?,13-,15-,16-,17+/m0/s1. The Labute approximate surface area is 229 Å². The van der Waals surface area contributed by atoms with E-state index in [0.29, 0.717) is 6.42 Å². The van der Waals surface area contributed by atoms with Gasteiger partial charge in [0.15, 0.2) is 0 Å². The second kappa shape index (κ2) is 9.52. The van der Waals surface area contributed by atoms with Crippen molar-refractivity contribution in [2.45, 2.75) is 77.7 Å². The first-order valence-electron chi connectivity index (χ1n) is 13.0. The Bertz CT molecular complexity index is 1090. The van der Waals surface area contributed by atoms with Gasteiger partial charge in [0, 0.05) is 12.1 Å². The summed E-state index contributed by atoms with van der Waals surface area (Å²) >= 11 is 5.78. The lowest BCUT2D eigenvalue weighted by Crippen LogP contribution is -2.62.